The van der Waals surface area contributed by atoms with Gasteiger partial charge in [0.15, 0.2) is 0 Å². The number of H-pyrrole nitrogens is 1. The molecular formula is C19H25N3O. The minimum atomic E-state index is -0.0775. The predicted octanol–water partition coefficient (Wildman–Crippen LogP) is 3.17. The van der Waals surface area contributed by atoms with Crippen LogP contribution in [0.15, 0.2) is 30.6 Å². The maximum absolute atomic E-state index is 6.40. The van der Waals surface area contributed by atoms with Crippen molar-refractivity contribution in [3.05, 3.63) is 52.8 Å². The summed E-state index contributed by atoms with van der Waals surface area (Å²) in [5.41, 5.74) is 5.44. The number of nitrogens with zero attached hydrogens (tertiary/aromatic N) is 2. The lowest BCUT2D eigenvalue weighted by Crippen LogP contribution is -2.50. The molecule has 1 spiro atoms. The van der Waals surface area contributed by atoms with Crippen molar-refractivity contribution < 1.29 is 4.74 Å². The molecule has 122 valence electrons. The number of likely N-dealkylation sites (tertiary alicyclic amines) is 1. The van der Waals surface area contributed by atoms with Gasteiger partial charge < -0.3 is 4.74 Å². The van der Waals surface area contributed by atoms with Crippen LogP contribution in [0.3, 0.4) is 0 Å². The lowest BCUT2D eigenvalue weighted by molar-refractivity contribution is -0.113. The van der Waals surface area contributed by atoms with Crippen LogP contribution < -0.4 is 0 Å². The van der Waals surface area contributed by atoms with E-state index in [4.69, 9.17) is 4.74 Å². The third-order valence-corrected chi connectivity index (χ3v) is 5.50. The van der Waals surface area contributed by atoms with Gasteiger partial charge in [-0.1, -0.05) is 23.8 Å². The highest BCUT2D eigenvalue weighted by Crippen LogP contribution is 2.43. The van der Waals surface area contributed by atoms with Crippen LogP contribution in [0.25, 0.3) is 0 Å². The molecule has 23 heavy (non-hydrogen) atoms. The van der Waals surface area contributed by atoms with Gasteiger partial charge in [-0.25, -0.2) is 0 Å². The Hall–Kier alpha value is -1.65. The number of hydrogen-bond acceptors (Lipinski definition) is 3. The highest BCUT2D eigenvalue weighted by atomic mass is 16.5. The fourth-order valence-corrected chi connectivity index (χ4v) is 4.23. The van der Waals surface area contributed by atoms with Gasteiger partial charge in [0.25, 0.3) is 0 Å². The first-order chi connectivity index (χ1) is 11.2. The Morgan fingerprint density at radius 3 is 3.13 bits per heavy atom. The molecule has 1 aromatic carbocycles. The smallest absolute Gasteiger partial charge is 0.0961 e. The summed E-state index contributed by atoms with van der Waals surface area (Å²) in [5.74, 6) is 0. The Labute approximate surface area is 137 Å². The summed E-state index contributed by atoms with van der Waals surface area (Å²) < 4.78 is 6.40. The van der Waals surface area contributed by atoms with Crippen LogP contribution >= 0.6 is 0 Å². The normalized spacial score (nSPS) is 28.0. The molecule has 0 amide bonds. The van der Waals surface area contributed by atoms with Crippen molar-refractivity contribution in [1.82, 2.24) is 15.1 Å². The number of aromatic amines is 1. The van der Waals surface area contributed by atoms with E-state index in [1.165, 1.54) is 22.3 Å². The topological polar surface area (TPSA) is 41.2 Å². The van der Waals surface area contributed by atoms with E-state index in [-0.39, 0.29) is 5.60 Å². The Bertz CT molecular complexity index is 682. The molecular weight excluding hydrogens is 286 g/mol. The molecule has 0 saturated carbocycles. The molecule has 0 radical (unpaired) electrons. The van der Waals surface area contributed by atoms with Crippen molar-refractivity contribution in [2.24, 2.45) is 0 Å². The van der Waals surface area contributed by atoms with Crippen molar-refractivity contribution in [2.45, 2.75) is 51.3 Å². The fraction of sp³-hybridized carbons (Fsp3) is 0.526. The monoisotopic (exact) mass is 311 g/mol. The van der Waals surface area contributed by atoms with Crippen molar-refractivity contribution in [3.63, 3.8) is 0 Å². The van der Waals surface area contributed by atoms with Gasteiger partial charge in [-0.05, 0) is 44.2 Å². The average Bonchev–Trinajstić information content (AvgIpc) is 3.04. The lowest BCUT2D eigenvalue weighted by atomic mass is 9.76. The Balaban J connectivity index is 1.57. The number of aryl methyl sites for hydroxylation is 1. The zero-order valence-electron chi connectivity index (χ0n) is 14.0. The standard InChI is InChI=1S/C19H25N3O/c1-14-3-4-17-5-8-23-19(18(17)9-14)6-7-22(15(2)10-19)13-16-11-20-21-12-16/h3-4,9,11-12,15H,5-8,10,13H2,1-2H3,(H,20,21)/t15-,19+/m0/s1. The van der Waals surface area contributed by atoms with E-state index in [1.54, 1.807) is 0 Å². The van der Waals surface area contributed by atoms with Gasteiger partial charge in [0.2, 0.25) is 0 Å². The summed E-state index contributed by atoms with van der Waals surface area (Å²) in [6.07, 6.45) is 7.11. The zero-order chi connectivity index (χ0) is 15.9. The van der Waals surface area contributed by atoms with E-state index in [1.807, 2.05) is 12.4 Å². The number of benzene rings is 1. The third kappa shape index (κ3) is 2.70. The molecule has 2 atom stereocenters. The van der Waals surface area contributed by atoms with Crippen LogP contribution in [-0.4, -0.2) is 34.3 Å². The molecule has 1 aromatic heterocycles. The quantitative estimate of drug-likeness (QED) is 0.926. The predicted molar refractivity (Wildman–Crippen MR) is 90.2 cm³/mol. The summed E-state index contributed by atoms with van der Waals surface area (Å²) in [6, 6.07) is 7.39. The molecule has 0 aliphatic carbocycles. The number of hydrogen-bond donors (Lipinski definition) is 1. The second kappa shape index (κ2) is 5.77. The van der Waals surface area contributed by atoms with Crippen molar-refractivity contribution >= 4 is 0 Å². The van der Waals surface area contributed by atoms with Crippen LogP contribution in [-0.2, 0) is 23.3 Å². The van der Waals surface area contributed by atoms with Crippen LogP contribution in [0.1, 0.15) is 42.0 Å². The van der Waals surface area contributed by atoms with Gasteiger partial charge >= 0.3 is 0 Å². The molecule has 0 unspecified atom stereocenters. The lowest BCUT2D eigenvalue weighted by Gasteiger charge is -2.48. The Kier molecular flexibility index (Phi) is 3.74. The van der Waals surface area contributed by atoms with Crippen LogP contribution in [0.4, 0.5) is 0 Å². The van der Waals surface area contributed by atoms with Gasteiger partial charge in [0.05, 0.1) is 18.4 Å². The molecule has 1 saturated heterocycles. The van der Waals surface area contributed by atoms with Crippen molar-refractivity contribution in [1.29, 1.82) is 0 Å². The van der Waals surface area contributed by atoms with Gasteiger partial charge in [-0.3, -0.25) is 10.00 Å². The molecule has 2 aliphatic rings. The fourth-order valence-electron chi connectivity index (χ4n) is 4.23. The minimum Gasteiger partial charge on any atom is -0.370 e. The summed E-state index contributed by atoms with van der Waals surface area (Å²) in [5, 5.41) is 6.97. The molecule has 4 heteroatoms. The third-order valence-electron chi connectivity index (χ3n) is 5.50. The first-order valence-corrected chi connectivity index (χ1v) is 8.62. The number of nitrogens with one attached hydrogen (secondary N) is 1. The van der Waals surface area contributed by atoms with Gasteiger partial charge in [-0.15, -0.1) is 0 Å². The van der Waals surface area contributed by atoms with E-state index in [2.05, 4.69) is 47.1 Å². The molecule has 2 aromatic rings. The van der Waals surface area contributed by atoms with Crippen molar-refractivity contribution in [2.75, 3.05) is 13.2 Å². The summed E-state index contributed by atoms with van der Waals surface area (Å²) >= 11 is 0. The van der Waals surface area contributed by atoms with Crippen LogP contribution in [0.5, 0.6) is 0 Å². The molecule has 3 heterocycles. The molecule has 1 N–H and O–H groups in total. The number of piperidine rings is 1. The average molecular weight is 311 g/mol. The number of aromatic nitrogens is 2. The minimum absolute atomic E-state index is 0.0775. The molecule has 4 nitrogen and oxygen atoms in total. The first-order valence-electron chi connectivity index (χ1n) is 8.62. The van der Waals surface area contributed by atoms with Crippen LogP contribution in [0, 0.1) is 6.92 Å². The Morgan fingerprint density at radius 1 is 1.43 bits per heavy atom. The van der Waals surface area contributed by atoms with Gasteiger partial charge in [-0.2, -0.15) is 5.10 Å². The summed E-state index contributed by atoms with van der Waals surface area (Å²) in [7, 11) is 0. The van der Waals surface area contributed by atoms with Gasteiger partial charge in [0, 0.05) is 30.9 Å². The van der Waals surface area contributed by atoms with E-state index < -0.39 is 0 Å². The molecule has 0 bridgehead atoms. The van der Waals surface area contributed by atoms with E-state index in [0.29, 0.717) is 6.04 Å². The van der Waals surface area contributed by atoms with Gasteiger partial charge in [0.1, 0.15) is 0 Å². The number of ether oxygens (including phenoxy) is 1. The first kappa shape index (κ1) is 14.9. The zero-order valence-corrected chi connectivity index (χ0v) is 14.0. The van der Waals surface area contributed by atoms with E-state index in [9.17, 15) is 0 Å². The van der Waals surface area contributed by atoms with E-state index >= 15 is 0 Å². The summed E-state index contributed by atoms with van der Waals surface area (Å²) in [6.45, 7) is 7.40. The van der Waals surface area contributed by atoms with Crippen molar-refractivity contribution in [3.8, 4) is 0 Å². The SMILES string of the molecule is Cc1ccc2c(c1)[C@]1(CCN(Cc3cn[nH]c3)[C@@H](C)C1)OCC2. The second-order valence-electron chi connectivity index (χ2n) is 7.13. The highest BCUT2D eigenvalue weighted by molar-refractivity contribution is 5.38. The molecule has 1 fully saturated rings. The number of fused-ring (bicyclic) bond motifs is 2. The summed E-state index contributed by atoms with van der Waals surface area (Å²) in [4.78, 5) is 2.55. The maximum atomic E-state index is 6.40. The Morgan fingerprint density at radius 2 is 2.35 bits per heavy atom. The number of rotatable bonds is 2. The second-order valence-corrected chi connectivity index (χ2v) is 7.13. The van der Waals surface area contributed by atoms with E-state index in [0.717, 1.165) is 39.0 Å². The molecule has 4 rings (SSSR count). The van der Waals surface area contributed by atoms with Crippen LogP contribution in [0.2, 0.25) is 0 Å². The highest BCUT2D eigenvalue weighted by Gasteiger charge is 2.43. The molecule has 2 aliphatic heterocycles. The largest absolute Gasteiger partial charge is 0.370 e. The maximum Gasteiger partial charge on any atom is 0.0961 e.